The van der Waals surface area contributed by atoms with Gasteiger partial charge < -0.3 is 50.0 Å². The molecule has 0 radical (unpaired) electrons. The number of halogens is 1. The summed E-state index contributed by atoms with van der Waals surface area (Å²) in [5.41, 5.74) is 6.61. The molecule has 5 heterocycles. The number of anilines is 2. The highest BCUT2D eigenvalue weighted by molar-refractivity contribution is 5.87. The predicted molar refractivity (Wildman–Crippen MR) is 251 cm³/mol. The van der Waals surface area contributed by atoms with Crippen LogP contribution in [0, 0.1) is 17.7 Å². The number of aromatic amines is 2. The van der Waals surface area contributed by atoms with Crippen LogP contribution in [0.2, 0.25) is 0 Å². The quantitative estimate of drug-likeness (QED) is 0.0722. The van der Waals surface area contributed by atoms with Crippen LogP contribution in [0.4, 0.5) is 25.4 Å². The molecule has 5 N–H and O–H groups in total. The summed E-state index contributed by atoms with van der Waals surface area (Å²) in [5, 5.41) is 14.6. The molecule has 4 amide bonds. The van der Waals surface area contributed by atoms with E-state index in [9.17, 15) is 24.3 Å². The van der Waals surface area contributed by atoms with Crippen LogP contribution in [-0.4, -0.2) is 104 Å². The molecule has 3 fully saturated rings. The Bertz CT molecular complexity index is 2590. The molecule has 0 spiro atoms. The Morgan fingerprint density at radius 3 is 1.68 bits per heavy atom. The van der Waals surface area contributed by atoms with E-state index in [0.717, 1.165) is 71.0 Å². The normalized spacial score (nSPS) is 20.7. The van der Waals surface area contributed by atoms with Gasteiger partial charge in [0, 0.05) is 31.9 Å². The Balaban J connectivity index is 1.11. The molecule has 352 valence electrons. The lowest BCUT2D eigenvalue weighted by molar-refractivity contribution is -0.136. The summed E-state index contributed by atoms with van der Waals surface area (Å²) in [6.07, 6.45) is 2.72. The first kappa shape index (κ1) is 46.2. The summed E-state index contributed by atoms with van der Waals surface area (Å²) in [6.45, 7) is 13.9. The van der Waals surface area contributed by atoms with Crippen LogP contribution >= 0.6 is 0 Å². The molecule has 66 heavy (non-hydrogen) atoms. The first-order valence-electron chi connectivity index (χ1n) is 23.5. The predicted octanol–water partition coefficient (Wildman–Crippen LogP) is 8.51. The number of ether oxygens (including phenoxy) is 1. The largest absolute Gasteiger partial charge is 0.465 e. The van der Waals surface area contributed by atoms with E-state index in [1.54, 1.807) is 11.0 Å². The Hall–Kier alpha value is -6.39. The van der Waals surface area contributed by atoms with Crippen molar-refractivity contribution in [1.82, 2.24) is 40.4 Å². The third-order valence-corrected chi connectivity index (χ3v) is 13.8. The summed E-state index contributed by atoms with van der Waals surface area (Å²) in [4.78, 5) is 76.3. The van der Waals surface area contributed by atoms with Crippen molar-refractivity contribution >= 4 is 57.4 Å². The van der Waals surface area contributed by atoms with E-state index < -0.39 is 24.3 Å². The van der Waals surface area contributed by atoms with E-state index in [4.69, 9.17) is 14.7 Å². The van der Waals surface area contributed by atoms with Crippen molar-refractivity contribution in [3.63, 3.8) is 0 Å². The van der Waals surface area contributed by atoms with Crippen LogP contribution < -0.4 is 20.4 Å². The summed E-state index contributed by atoms with van der Waals surface area (Å²) < 4.78 is 21.0. The molecule has 17 heteroatoms. The molecule has 3 saturated heterocycles. The summed E-state index contributed by atoms with van der Waals surface area (Å²) in [7, 11) is 1.28. The van der Waals surface area contributed by atoms with Crippen LogP contribution in [0.1, 0.15) is 127 Å². The second-order valence-electron chi connectivity index (χ2n) is 18.5. The Labute approximate surface area is 384 Å². The number of amides is 4. The third-order valence-electron chi connectivity index (χ3n) is 13.8. The van der Waals surface area contributed by atoms with Crippen LogP contribution in [0.25, 0.3) is 22.1 Å². The molecule has 1 unspecified atom stereocenters. The molecule has 3 aromatic carbocycles. The molecule has 16 nitrogen and oxygen atoms in total. The first-order valence-corrected chi connectivity index (χ1v) is 23.5. The first-order chi connectivity index (χ1) is 31.7. The van der Waals surface area contributed by atoms with Gasteiger partial charge in [-0.1, -0.05) is 39.8 Å². The fourth-order valence-electron chi connectivity index (χ4n) is 10.5. The zero-order chi connectivity index (χ0) is 47.0. The van der Waals surface area contributed by atoms with E-state index in [0.29, 0.717) is 49.9 Å². The number of carbonyl (C=O) groups is 4. The van der Waals surface area contributed by atoms with Crippen molar-refractivity contribution in [2.45, 2.75) is 116 Å². The maximum Gasteiger partial charge on any atom is 0.407 e. The van der Waals surface area contributed by atoms with Crippen LogP contribution in [0.3, 0.4) is 0 Å². The number of imidazole rings is 2. The monoisotopic (exact) mass is 906 g/mol. The number of rotatable bonds is 14. The lowest BCUT2D eigenvalue weighted by Crippen LogP contribution is -2.51. The number of fused-ring (bicyclic) bond motifs is 2. The van der Waals surface area contributed by atoms with Gasteiger partial charge in [0.15, 0.2) is 0 Å². The second kappa shape index (κ2) is 19.2. The Morgan fingerprint density at radius 2 is 1.24 bits per heavy atom. The number of likely N-dealkylation sites (tertiary alicyclic amines) is 2. The van der Waals surface area contributed by atoms with Gasteiger partial charge in [0.05, 0.1) is 59.0 Å². The topological polar surface area (TPSA) is 192 Å². The fourth-order valence-corrected chi connectivity index (χ4v) is 10.5. The maximum absolute atomic E-state index is 16.2. The Morgan fingerprint density at radius 1 is 0.742 bits per heavy atom. The Kier molecular flexibility index (Phi) is 13.4. The highest BCUT2D eigenvalue weighted by atomic mass is 19.1. The average molecular weight is 907 g/mol. The summed E-state index contributed by atoms with van der Waals surface area (Å²) in [5.74, 6) is 0.268. The number of aromatic nitrogens is 4. The number of benzene rings is 3. The van der Waals surface area contributed by atoms with Gasteiger partial charge in [-0.2, -0.15) is 0 Å². The minimum atomic E-state index is -1.23. The number of carboxylic acid groups (broad SMARTS) is 1. The number of carbonyl (C=O) groups excluding carboxylic acids is 3. The van der Waals surface area contributed by atoms with Crippen molar-refractivity contribution in [1.29, 1.82) is 0 Å². The standard InChI is InChI=1S/C49H63FN10O6/c1-8-57(9-2)39-19-16-31(26-32(39)50)60-37(29-14-17-33-35(24-29)53-44(51-33)40-12-10-22-58(40)46(61)42(27(3)4)55-48(63)64)20-21-38(60)30-15-18-34-36(25-30)54-45(52-34)41-13-11-23-59(41)47(62)43(28(5)6)56-49(65)66-7/h14-19,24-28,37-38,40-43,55H,8-13,20-23H2,1-7H3,(H,51,53)(H,52,54)(H,56,65)(H,63,64)/t37-,38?,40+,41+,42+,43+/m1/s1. The number of alkyl carbamates (subject to hydrolysis) is 1. The minimum Gasteiger partial charge on any atom is -0.465 e. The molecule has 2 aromatic heterocycles. The van der Waals surface area contributed by atoms with Crippen molar-refractivity contribution in [2.24, 2.45) is 11.8 Å². The molecule has 0 saturated carbocycles. The third kappa shape index (κ3) is 8.95. The lowest BCUT2D eigenvalue weighted by atomic mass is 10.0. The number of H-pyrrole nitrogens is 2. The van der Waals surface area contributed by atoms with Crippen LogP contribution in [0.15, 0.2) is 54.6 Å². The SMILES string of the molecule is CCN(CC)c1ccc(N2C(c3ccc4nc([C@@H]5CCCN5C(=O)[C@@H](NC(=O)OC)C(C)C)[nH]c4c3)CC[C@@H]2c2ccc3nc([C@@H]4CCCN4C(=O)[C@@H](NC(=O)O)C(C)C)[nH]c3c2)cc1F. The lowest BCUT2D eigenvalue weighted by Gasteiger charge is -2.34. The van der Waals surface area contributed by atoms with Crippen molar-refractivity contribution in [3.8, 4) is 0 Å². The van der Waals surface area contributed by atoms with Gasteiger partial charge in [0.1, 0.15) is 29.5 Å². The van der Waals surface area contributed by atoms with Gasteiger partial charge in [-0.25, -0.2) is 23.9 Å². The number of hydrogen-bond donors (Lipinski definition) is 5. The summed E-state index contributed by atoms with van der Waals surface area (Å²) >= 11 is 0. The fraction of sp³-hybridized carbons (Fsp3) is 0.510. The van der Waals surface area contributed by atoms with E-state index in [1.807, 2.05) is 75.6 Å². The molecule has 3 aliphatic heterocycles. The molecule has 5 aromatic rings. The van der Waals surface area contributed by atoms with Gasteiger partial charge in [-0.05, 0) is 118 Å². The van der Waals surface area contributed by atoms with Gasteiger partial charge in [0.25, 0.3) is 0 Å². The molecule has 3 aliphatic rings. The molecular weight excluding hydrogens is 844 g/mol. The molecule has 8 rings (SSSR count). The van der Waals surface area contributed by atoms with Gasteiger partial charge in [-0.3, -0.25) is 9.59 Å². The van der Waals surface area contributed by atoms with E-state index in [1.165, 1.54) is 7.11 Å². The van der Waals surface area contributed by atoms with Crippen LogP contribution in [0.5, 0.6) is 0 Å². The number of nitrogens with one attached hydrogen (secondary N) is 4. The van der Waals surface area contributed by atoms with Crippen molar-refractivity contribution < 1.29 is 33.4 Å². The summed E-state index contributed by atoms with van der Waals surface area (Å²) in [6, 6.07) is 15.5. The van der Waals surface area contributed by atoms with Crippen molar-refractivity contribution in [3.05, 3.63) is 83.2 Å². The number of hydrogen-bond acceptors (Lipinski definition) is 9. The average Bonchev–Trinajstić information content (AvgIpc) is 4.15. The second-order valence-corrected chi connectivity index (χ2v) is 18.5. The molecule has 6 atom stereocenters. The zero-order valence-electron chi connectivity index (χ0n) is 38.9. The van der Waals surface area contributed by atoms with Gasteiger partial charge in [0.2, 0.25) is 11.8 Å². The van der Waals surface area contributed by atoms with Gasteiger partial charge in [-0.15, -0.1) is 0 Å². The van der Waals surface area contributed by atoms with Crippen LogP contribution in [-0.2, 0) is 14.3 Å². The molecule has 0 aliphatic carbocycles. The maximum atomic E-state index is 16.2. The number of nitrogens with zero attached hydrogens (tertiary/aromatic N) is 6. The van der Waals surface area contributed by atoms with Crippen molar-refractivity contribution in [2.75, 3.05) is 43.1 Å². The zero-order valence-corrected chi connectivity index (χ0v) is 38.9. The molecule has 0 bridgehead atoms. The number of methoxy groups -OCH3 is 1. The minimum absolute atomic E-state index is 0.120. The highest BCUT2D eigenvalue weighted by Crippen LogP contribution is 2.48. The van der Waals surface area contributed by atoms with E-state index >= 15 is 4.39 Å². The van der Waals surface area contributed by atoms with E-state index in [-0.39, 0.29) is 53.6 Å². The highest BCUT2D eigenvalue weighted by Gasteiger charge is 2.40. The molecular formula is C49H63FN10O6. The van der Waals surface area contributed by atoms with E-state index in [2.05, 4.69) is 49.8 Å². The van der Waals surface area contributed by atoms with Gasteiger partial charge >= 0.3 is 12.2 Å². The smallest absolute Gasteiger partial charge is 0.407 e.